The minimum absolute atomic E-state index is 0.564. The Morgan fingerprint density at radius 1 is 0.935 bits per heavy atom. The van der Waals surface area contributed by atoms with Gasteiger partial charge in [-0.1, -0.05) is 55.1 Å². The van der Waals surface area contributed by atoms with Gasteiger partial charge in [0.2, 0.25) is 0 Å². The van der Waals surface area contributed by atoms with Gasteiger partial charge in [-0.25, -0.2) is 0 Å². The molecule has 5 rings (SSSR count). The molecule has 1 fully saturated rings. The first-order chi connectivity index (χ1) is 15.2. The van der Waals surface area contributed by atoms with Crippen LogP contribution in [0.3, 0.4) is 0 Å². The molecule has 0 bridgehead atoms. The van der Waals surface area contributed by atoms with Gasteiger partial charge in [-0.15, -0.1) is 0 Å². The number of pyridine rings is 1. The van der Waals surface area contributed by atoms with E-state index in [4.69, 9.17) is 5.73 Å². The van der Waals surface area contributed by atoms with Crippen molar-refractivity contribution in [1.29, 1.82) is 0 Å². The lowest BCUT2D eigenvalue weighted by Crippen LogP contribution is -1.96. The van der Waals surface area contributed by atoms with Crippen LogP contribution in [0.25, 0.3) is 17.0 Å². The molecule has 2 aliphatic rings. The third kappa shape index (κ3) is 5.95. The Morgan fingerprint density at radius 2 is 1.77 bits per heavy atom. The van der Waals surface area contributed by atoms with Gasteiger partial charge in [0.05, 0.1) is 5.69 Å². The van der Waals surface area contributed by atoms with E-state index in [-0.39, 0.29) is 0 Å². The summed E-state index contributed by atoms with van der Waals surface area (Å²) in [5, 5.41) is 3.36. The van der Waals surface area contributed by atoms with E-state index in [1.165, 1.54) is 25.7 Å². The Kier molecular flexibility index (Phi) is 6.63. The molecule has 0 saturated heterocycles. The van der Waals surface area contributed by atoms with Crippen LogP contribution in [0.2, 0.25) is 0 Å². The van der Waals surface area contributed by atoms with Crippen LogP contribution in [-0.2, 0) is 0 Å². The first kappa shape index (κ1) is 20.7. The molecule has 2 aromatic carbocycles. The maximum Gasteiger partial charge on any atom is 0.0701 e. The molecule has 1 aromatic heterocycles. The van der Waals surface area contributed by atoms with Crippen LogP contribution in [0.1, 0.15) is 31.2 Å². The fraction of sp³-hybridized carbons (Fsp3) is 0.179. The molecule has 3 N–H and O–H groups in total. The maximum absolute atomic E-state index is 5.73. The number of hydrogen-bond acceptors (Lipinski definition) is 3. The van der Waals surface area contributed by atoms with Gasteiger partial charge < -0.3 is 11.1 Å². The molecule has 0 amide bonds. The third-order valence-corrected chi connectivity index (χ3v) is 5.44. The van der Waals surface area contributed by atoms with E-state index < -0.39 is 0 Å². The van der Waals surface area contributed by atoms with Gasteiger partial charge in [-0.05, 0) is 79.1 Å². The van der Waals surface area contributed by atoms with E-state index in [0.717, 1.165) is 34.1 Å². The number of benzene rings is 2. The molecule has 1 saturated carbocycles. The van der Waals surface area contributed by atoms with Crippen molar-refractivity contribution in [2.24, 2.45) is 11.7 Å². The second kappa shape index (κ2) is 9.94. The Morgan fingerprint density at radius 3 is 2.42 bits per heavy atom. The summed E-state index contributed by atoms with van der Waals surface area (Å²) in [7, 11) is 0. The highest BCUT2D eigenvalue weighted by Gasteiger charge is 2.24. The Bertz CT molecular complexity index is 1070. The molecule has 0 unspecified atom stereocenters. The summed E-state index contributed by atoms with van der Waals surface area (Å²) in [5.41, 5.74) is 12.9. The summed E-state index contributed by atoms with van der Waals surface area (Å²) in [6, 6.07) is 22.0. The van der Waals surface area contributed by atoms with E-state index >= 15 is 0 Å². The lowest BCUT2D eigenvalue weighted by Gasteiger charge is -2.09. The van der Waals surface area contributed by atoms with Crippen LogP contribution in [0, 0.1) is 5.92 Å². The van der Waals surface area contributed by atoms with Gasteiger partial charge in [-0.2, -0.15) is 0 Å². The highest BCUT2D eigenvalue weighted by atomic mass is 14.9. The van der Waals surface area contributed by atoms with Gasteiger partial charge in [0.1, 0.15) is 0 Å². The summed E-state index contributed by atoms with van der Waals surface area (Å²) in [6.45, 7) is 3.76. The molecule has 156 valence electrons. The zero-order chi connectivity index (χ0) is 21.5. The van der Waals surface area contributed by atoms with Crippen molar-refractivity contribution in [3.05, 3.63) is 109 Å². The first-order valence-corrected chi connectivity index (χ1v) is 10.9. The van der Waals surface area contributed by atoms with Crippen LogP contribution in [0.4, 0.5) is 11.4 Å². The lowest BCUT2D eigenvalue weighted by molar-refractivity contribution is 0.950. The minimum Gasteiger partial charge on any atom is -0.399 e. The number of aromatic nitrogens is 1. The predicted molar refractivity (Wildman–Crippen MR) is 132 cm³/mol. The summed E-state index contributed by atoms with van der Waals surface area (Å²) in [5.74, 6) is 0.960. The molecular weight excluding hydrogens is 378 g/mol. The van der Waals surface area contributed by atoms with E-state index in [1.807, 2.05) is 54.6 Å². The van der Waals surface area contributed by atoms with Crippen molar-refractivity contribution in [3.8, 4) is 11.3 Å². The number of allylic oxidation sites excluding steroid dienone is 4. The number of nitrogens with zero attached hydrogens (tertiary/aromatic N) is 1. The quantitative estimate of drug-likeness (QED) is 0.474. The molecule has 0 aliphatic heterocycles. The number of anilines is 2. The lowest BCUT2D eigenvalue weighted by atomic mass is 10.0. The molecule has 3 aromatic rings. The standard InChI is InChI=1S/C19H17N3.C9H12/c1-14(20)16-5-4-6-18(13-16)22-17-10-8-15(9-11-17)19-7-2-3-12-21-19;1-2-4-8(5-3-1)9-6-7-9/h2-13,22H,1,20H2;2,4-5,9H,1,3,6-7H2. The fourth-order valence-corrected chi connectivity index (χ4v) is 3.57. The summed E-state index contributed by atoms with van der Waals surface area (Å²) >= 11 is 0. The van der Waals surface area contributed by atoms with Gasteiger partial charge in [-0.3, -0.25) is 4.98 Å². The van der Waals surface area contributed by atoms with Gasteiger partial charge in [0.25, 0.3) is 0 Å². The number of rotatable bonds is 5. The van der Waals surface area contributed by atoms with Crippen LogP contribution < -0.4 is 11.1 Å². The van der Waals surface area contributed by atoms with Crippen molar-refractivity contribution >= 4 is 17.1 Å². The molecule has 31 heavy (non-hydrogen) atoms. The Hall–Kier alpha value is -3.59. The first-order valence-electron chi connectivity index (χ1n) is 10.9. The van der Waals surface area contributed by atoms with Crippen molar-refractivity contribution in [1.82, 2.24) is 4.98 Å². The number of hydrogen-bond donors (Lipinski definition) is 2. The highest BCUT2D eigenvalue weighted by Crippen LogP contribution is 2.38. The normalized spacial score (nSPS) is 14.8. The minimum atomic E-state index is 0.564. The van der Waals surface area contributed by atoms with Gasteiger partial charge >= 0.3 is 0 Å². The fourth-order valence-electron chi connectivity index (χ4n) is 3.57. The average Bonchev–Trinajstić information content (AvgIpc) is 3.67. The second-order valence-electron chi connectivity index (χ2n) is 7.98. The molecule has 1 heterocycles. The van der Waals surface area contributed by atoms with E-state index in [0.29, 0.717) is 5.70 Å². The van der Waals surface area contributed by atoms with Crippen molar-refractivity contribution in [3.63, 3.8) is 0 Å². The van der Waals surface area contributed by atoms with Crippen LogP contribution in [-0.4, -0.2) is 4.98 Å². The monoisotopic (exact) mass is 407 g/mol. The average molecular weight is 408 g/mol. The molecule has 0 radical (unpaired) electrons. The van der Waals surface area contributed by atoms with Gasteiger partial charge in [0.15, 0.2) is 0 Å². The van der Waals surface area contributed by atoms with Gasteiger partial charge in [0, 0.05) is 28.8 Å². The number of nitrogens with two attached hydrogens (primary N) is 1. The second-order valence-corrected chi connectivity index (χ2v) is 7.98. The zero-order valence-electron chi connectivity index (χ0n) is 17.8. The van der Waals surface area contributed by atoms with Crippen molar-refractivity contribution in [2.45, 2.75) is 25.7 Å². The molecule has 0 atom stereocenters. The Balaban J connectivity index is 0.000000212. The SMILES string of the molecule is C1=CC(C2CC2)=CCC1.C=C(N)c1cccc(Nc2ccc(-c3ccccn3)cc2)c1. The van der Waals surface area contributed by atoms with E-state index in [9.17, 15) is 0 Å². The van der Waals surface area contributed by atoms with Crippen LogP contribution in [0.15, 0.2) is 103 Å². The summed E-state index contributed by atoms with van der Waals surface area (Å²) < 4.78 is 0. The largest absolute Gasteiger partial charge is 0.399 e. The zero-order valence-corrected chi connectivity index (χ0v) is 17.8. The topological polar surface area (TPSA) is 50.9 Å². The molecule has 3 heteroatoms. The van der Waals surface area contributed by atoms with Crippen LogP contribution in [0.5, 0.6) is 0 Å². The van der Waals surface area contributed by atoms with E-state index in [2.05, 4.69) is 47.2 Å². The Labute approximate surface area is 185 Å². The van der Waals surface area contributed by atoms with Crippen molar-refractivity contribution in [2.75, 3.05) is 5.32 Å². The third-order valence-electron chi connectivity index (χ3n) is 5.44. The molecule has 3 nitrogen and oxygen atoms in total. The highest BCUT2D eigenvalue weighted by molar-refractivity contribution is 5.69. The molecule has 0 spiro atoms. The number of nitrogens with one attached hydrogen (secondary N) is 1. The predicted octanol–water partition coefficient (Wildman–Crippen LogP) is 7.09. The van der Waals surface area contributed by atoms with Crippen LogP contribution >= 0.6 is 0 Å². The summed E-state index contributed by atoms with van der Waals surface area (Å²) in [4.78, 5) is 4.35. The molecular formula is C28H29N3. The molecule has 2 aliphatic carbocycles. The van der Waals surface area contributed by atoms with E-state index in [1.54, 1.807) is 11.8 Å². The summed E-state index contributed by atoms with van der Waals surface area (Å²) in [6.07, 6.45) is 14.2. The maximum atomic E-state index is 5.73. The smallest absolute Gasteiger partial charge is 0.0701 e. The van der Waals surface area contributed by atoms with Crippen molar-refractivity contribution < 1.29 is 0 Å².